The van der Waals surface area contributed by atoms with Gasteiger partial charge in [0, 0.05) is 5.75 Å². The number of amides is 1. The number of carbonyl (C=O) groups is 1. The van der Waals surface area contributed by atoms with Crippen molar-refractivity contribution in [2.24, 2.45) is 0 Å². The normalized spacial score (nSPS) is 12.9. The van der Waals surface area contributed by atoms with Crippen LogP contribution in [-0.2, 0) is 10.5 Å². The summed E-state index contributed by atoms with van der Waals surface area (Å²) >= 11 is 1.12. The lowest BCUT2D eigenvalue weighted by molar-refractivity contribution is -0.137. The van der Waals surface area contributed by atoms with Gasteiger partial charge in [-0.25, -0.2) is 4.39 Å². The Morgan fingerprint density at radius 2 is 2.10 bits per heavy atom. The number of benzene rings is 1. The molecule has 21 heavy (non-hydrogen) atoms. The molecule has 0 fully saturated rings. The Bertz CT molecular complexity index is 494. The van der Waals surface area contributed by atoms with E-state index in [-0.39, 0.29) is 5.75 Å². The average Bonchev–Trinajstić information content (AvgIpc) is 2.41. The summed E-state index contributed by atoms with van der Waals surface area (Å²) in [5, 5.41) is 1.14. The van der Waals surface area contributed by atoms with Crippen LogP contribution < -0.4 is 10.1 Å². The van der Waals surface area contributed by atoms with Crippen LogP contribution in [0.1, 0.15) is 12.5 Å². The molecule has 0 radical (unpaired) electrons. The molecule has 8 heteroatoms. The molecule has 0 aliphatic heterocycles. The fraction of sp³-hybridized carbons (Fsp3) is 0.462. The van der Waals surface area contributed by atoms with Gasteiger partial charge in [0.1, 0.15) is 6.54 Å². The molecule has 0 aliphatic carbocycles. The molecule has 1 aromatic rings. The number of ether oxygens (including phenoxy) is 1. The van der Waals surface area contributed by atoms with Gasteiger partial charge in [0.2, 0.25) is 5.91 Å². The number of alkyl halides is 3. The van der Waals surface area contributed by atoms with Crippen molar-refractivity contribution >= 4 is 17.7 Å². The monoisotopic (exact) mass is 325 g/mol. The van der Waals surface area contributed by atoms with E-state index in [2.05, 4.69) is 0 Å². The predicted octanol–water partition coefficient (Wildman–Crippen LogP) is 3.13. The minimum absolute atomic E-state index is 0.111. The first-order chi connectivity index (χ1) is 9.73. The molecule has 0 bridgehead atoms. The summed E-state index contributed by atoms with van der Waals surface area (Å²) in [6, 6.07) is 4.36. The van der Waals surface area contributed by atoms with Crippen LogP contribution in [0, 0.1) is 5.82 Å². The molecular weight excluding hydrogens is 310 g/mol. The van der Waals surface area contributed by atoms with Crippen LogP contribution >= 0.6 is 11.8 Å². The maximum atomic E-state index is 13.4. The first-order valence-corrected chi connectivity index (χ1v) is 7.06. The quantitative estimate of drug-likeness (QED) is 0.817. The zero-order chi connectivity index (χ0) is 16.0. The van der Waals surface area contributed by atoms with Gasteiger partial charge in [-0.1, -0.05) is 6.07 Å². The van der Waals surface area contributed by atoms with E-state index >= 15 is 0 Å². The van der Waals surface area contributed by atoms with E-state index in [9.17, 15) is 22.4 Å². The third-order valence-corrected chi connectivity index (χ3v) is 3.76. The molecule has 1 unspecified atom stereocenters. The highest BCUT2D eigenvalue weighted by molar-refractivity contribution is 7.99. The summed E-state index contributed by atoms with van der Waals surface area (Å²) in [7, 11) is 1.35. The highest BCUT2D eigenvalue weighted by Gasteiger charge is 2.28. The molecular formula is C13H15F4NO2S. The summed E-state index contributed by atoms with van der Waals surface area (Å²) in [6.45, 7) is 0.143. The Morgan fingerprint density at radius 3 is 2.62 bits per heavy atom. The van der Waals surface area contributed by atoms with Crippen molar-refractivity contribution in [1.29, 1.82) is 0 Å². The molecule has 0 heterocycles. The van der Waals surface area contributed by atoms with E-state index in [1.807, 2.05) is 5.32 Å². The summed E-state index contributed by atoms with van der Waals surface area (Å²) in [5.41, 5.74) is 0.619. The molecule has 0 saturated heterocycles. The number of hydrogen-bond donors (Lipinski definition) is 1. The third kappa shape index (κ3) is 6.24. The molecule has 0 saturated carbocycles. The summed E-state index contributed by atoms with van der Waals surface area (Å²) in [4.78, 5) is 11.5. The smallest absolute Gasteiger partial charge is 0.405 e. The van der Waals surface area contributed by atoms with Crippen molar-refractivity contribution < 1.29 is 27.1 Å². The lowest BCUT2D eigenvalue weighted by atomic mass is 10.2. The average molecular weight is 325 g/mol. The van der Waals surface area contributed by atoms with Crippen LogP contribution in [0.4, 0.5) is 17.6 Å². The van der Waals surface area contributed by atoms with Gasteiger partial charge in [-0.3, -0.25) is 4.79 Å². The minimum atomic E-state index is -4.43. The first kappa shape index (κ1) is 17.6. The molecule has 1 rings (SSSR count). The summed E-state index contributed by atoms with van der Waals surface area (Å²) < 4.78 is 54.1. The predicted molar refractivity (Wildman–Crippen MR) is 72.8 cm³/mol. The topological polar surface area (TPSA) is 38.3 Å². The number of carbonyl (C=O) groups excluding carboxylic acids is 1. The molecule has 1 N–H and O–H groups in total. The Kier molecular flexibility index (Phi) is 6.32. The van der Waals surface area contributed by atoms with Gasteiger partial charge >= 0.3 is 6.18 Å². The van der Waals surface area contributed by atoms with Crippen molar-refractivity contribution in [3.8, 4) is 5.75 Å². The van der Waals surface area contributed by atoms with Crippen LogP contribution in [0.25, 0.3) is 0 Å². The van der Waals surface area contributed by atoms with Crippen LogP contribution in [0.2, 0.25) is 0 Å². The highest BCUT2D eigenvalue weighted by atomic mass is 32.2. The van der Waals surface area contributed by atoms with Crippen molar-refractivity contribution in [2.75, 3.05) is 13.7 Å². The number of halogens is 4. The standard InChI is InChI=1S/C13H15F4NO2S/c1-8(12(19)18-7-13(15,16)17)21-6-9-3-4-11(20-2)10(14)5-9/h3-5,8H,6-7H2,1-2H3,(H,18,19). The van der Waals surface area contributed by atoms with E-state index in [1.54, 1.807) is 6.07 Å². The Hall–Kier alpha value is -1.44. The molecule has 0 spiro atoms. The van der Waals surface area contributed by atoms with Gasteiger partial charge in [-0.2, -0.15) is 13.2 Å². The Labute approximate surface area is 124 Å². The van der Waals surface area contributed by atoms with Crippen molar-refractivity contribution in [2.45, 2.75) is 24.1 Å². The molecule has 0 aromatic heterocycles. The van der Waals surface area contributed by atoms with Gasteiger partial charge < -0.3 is 10.1 Å². The fourth-order valence-electron chi connectivity index (χ4n) is 1.43. The maximum absolute atomic E-state index is 13.4. The molecule has 1 atom stereocenters. The van der Waals surface area contributed by atoms with Gasteiger partial charge in [0.15, 0.2) is 11.6 Å². The van der Waals surface area contributed by atoms with E-state index in [0.29, 0.717) is 11.3 Å². The van der Waals surface area contributed by atoms with Crippen molar-refractivity contribution in [1.82, 2.24) is 5.32 Å². The van der Waals surface area contributed by atoms with Crippen LogP contribution in [0.5, 0.6) is 5.75 Å². The second-order valence-corrected chi connectivity index (χ2v) is 5.58. The van der Waals surface area contributed by atoms with Crippen LogP contribution in [0.3, 0.4) is 0 Å². The largest absolute Gasteiger partial charge is 0.494 e. The lowest BCUT2D eigenvalue weighted by Crippen LogP contribution is -2.38. The summed E-state index contributed by atoms with van der Waals surface area (Å²) in [6.07, 6.45) is -4.43. The Balaban J connectivity index is 2.47. The number of rotatable bonds is 6. The third-order valence-electron chi connectivity index (χ3n) is 2.55. The molecule has 1 amide bonds. The zero-order valence-corrected chi connectivity index (χ0v) is 12.3. The van der Waals surface area contributed by atoms with Crippen molar-refractivity contribution in [3.63, 3.8) is 0 Å². The number of thioether (sulfide) groups is 1. The van der Waals surface area contributed by atoms with Crippen LogP contribution in [-0.4, -0.2) is 31.0 Å². The second kappa shape index (κ2) is 7.53. The Morgan fingerprint density at radius 1 is 1.43 bits per heavy atom. The number of hydrogen-bond acceptors (Lipinski definition) is 3. The van der Waals surface area contributed by atoms with Gasteiger partial charge in [0.05, 0.1) is 12.4 Å². The first-order valence-electron chi connectivity index (χ1n) is 6.01. The van der Waals surface area contributed by atoms with Gasteiger partial charge in [0.25, 0.3) is 0 Å². The second-order valence-electron chi connectivity index (χ2n) is 4.26. The van der Waals surface area contributed by atoms with Gasteiger partial charge in [-0.05, 0) is 24.6 Å². The lowest BCUT2D eigenvalue weighted by Gasteiger charge is -2.13. The number of nitrogens with one attached hydrogen (secondary N) is 1. The van der Waals surface area contributed by atoms with E-state index in [0.717, 1.165) is 11.8 Å². The zero-order valence-electron chi connectivity index (χ0n) is 11.5. The maximum Gasteiger partial charge on any atom is 0.405 e. The molecule has 1 aromatic carbocycles. The van der Waals surface area contributed by atoms with E-state index < -0.39 is 29.7 Å². The van der Waals surface area contributed by atoms with E-state index in [1.165, 1.54) is 26.2 Å². The molecule has 118 valence electrons. The number of methoxy groups -OCH3 is 1. The van der Waals surface area contributed by atoms with E-state index in [4.69, 9.17) is 4.74 Å². The fourth-order valence-corrected chi connectivity index (χ4v) is 2.28. The van der Waals surface area contributed by atoms with Crippen LogP contribution in [0.15, 0.2) is 18.2 Å². The molecule has 0 aliphatic rings. The minimum Gasteiger partial charge on any atom is -0.494 e. The van der Waals surface area contributed by atoms with Gasteiger partial charge in [-0.15, -0.1) is 11.8 Å². The SMILES string of the molecule is COc1ccc(CSC(C)C(=O)NCC(F)(F)F)cc1F. The molecule has 3 nitrogen and oxygen atoms in total. The van der Waals surface area contributed by atoms with Crippen molar-refractivity contribution in [3.05, 3.63) is 29.6 Å². The highest BCUT2D eigenvalue weighted by Crippen LogP contribution is 2.23. The summed E-state index contributed by atoms with van der Waals surface area (Å²) in [5.74, 6) is -0.808.